The lowest BCUT2D eigenvalue weighted by Crippen LogP contribution is -1.97. The highest BCUT2D eigenvalue weighted by atomic mass is 16.5. The van der Waals surface area contributed by atoms with E-state index in [1.807, 2.05) is 36.4 Å². The van der Waals surface area contributed by atoms with E-state index in [4.69, 9.17) is 9.47 Å². The van der Waals surface area contributed by atoms with E-state index >= 15 is 0 Å². The zero-order valence-electron chi connectivity index (χ0n) is 13.1. The van der Waals surface area contributed by atoms with Crippen LogP contribution in [0.15, 0.2) is 49.1 Å². The Bertz CT molecular complexity index is 743. The Hall–Kier alpha value is -3.01. The van der Waals surface area contributed by atoms with Gasteiger partial charge in [-0.2, -0.15) is 0 Å². The van der Waals surface area contributed by atoms with E-state index in [0.717, 1.165) is 23.0 Å². The Balaban J connectivity index is 2.36. The molecule has 0 atom stereocenters. The van der Waals surface area contributed by atoms with Crippen molar-refractivity contribution in [3.63, 3.8) is 0 Å². The minimum absolute atomic E-state index is 0.161. The van der Waals surface area contributed by atoms with Crippen molar-refractivity contribution in [3.8, 4) is 17.2 Å². The molecule has 0 aliphatic rings. The van der Waals surface area contributed by atoms with Crippen LogP contribution in [0.1, 0.15) is 21.5 Å². The molecule has 0 unspecified atom stereocenters. The Labute approximate surface area is 135 Å². The van der Waals surface area contributed by atoms with Crippen LogP contribution in [0.25, 0.3) is 12.2 Å². The molecule has 0 heterocycles. The van der Waals surface area contributed by atoms with Crippen molar-refractivity contribution in [3.05, 3.63) is 65.7 Å². The van der Waals surface area contributed by atoms with Crippen molar-refractivity contribution in [2.45, 2.75) is 0 Å². The molecule has 0 saturated heterocycles. The van der Waals surface area contributed by atoms with Crippen LogP contribution in [0.5, 0.6) is 17.2 Å². The maximum atomic E-state index is 11.8. The summed E-state index contributed by atoms with van der Waals surface area (Å²) in [5.74, 6) is 0.485. The molecule has 2 aromatic carbocycles. The Morgan fingerprint density at radius 3 is 2.26 bits per heavy atom. The molecule has 0 aliphatic carbocycles. The zero-order chi connectivity index (χ0) is 16.8. The second-order valence-corrected chi connectivity index (χ2v) is 4.79. The van der Waals surface area contributed by atoms with Gasteiger partial charge >= 0.3 is 0 Å². The topological polar surface area (TPSA) is 55.8 Å². The molecule has 0 bridgehead atoms. The van der Waals surface area contributed by atoms with Gasteiger partial charge < -0.3 is 14.6 Å². The number of ether oxygens (including phenoxy) is 2. The highest BCUT2D eigenvalue weighted by Crippen LogP contribution is 2.32. The van der Waals surface area contributed by atoms with Gasteiger partial charge in [0, 0.05) is 0 Å². The molecule has 1 N–H and O–H groups in total. The van der Waals surface area contributed by atoms with Gasteiger partial charge in [-0.1, -0.05) is 30.9 Å². The van der Waals surface area contributed by atoms with Crippen LogP contribution in [0.2, 0.25) is 0 Å². The van der Waals surface area contributed by atoms with Gasteiger partial charge in [0.1, 0.15) is 5.75 Å². The van der Waals surface area contributed by atoms with E-state index in [-0.39, 0.29) is 22.8 Å². The average Bonchev–Trinajstić information content (AvgIpc) is 2.60. The molecule has 0 aliphatic heterocycles. The summed E-state index contributed by atoms with van der Waals surface area (Å²) in [6.45, 7) is 3.44. The van der Waals surface area contributed by atoms with Crippen LogP contribution in [0, 0.1) is 0 Å². The molecule has 23 heavy (non-hydrogen) atoms. The number of carbonyl (C=O) groups excluding carboxylic acids is 1. The number of benzene rings is 2. The standard InChI is InChI=1S/C19H18O4/c1-4-17(20)16-11-14(12-18(23-3)19(16)21)6-5-13-7-9-15(22-2)10-8-13/h4-12,21H,1H2,2-3H3/b6-5+. The Morgan fingerprint density at radius 2 is 1.70 bits per heavy atom. The van der Waals surface area contributed by atoms with Crippen LogP contribution in [0.4, 0.5) is 0 Å². The molecule has 0 saturated carbocycles. The van der Waals surface area contributed by atoms with Crippen molar-refractivity contribution < 1.29 is 19.4 Å². The predicted molar refractivity (Wildman–Crippen MR) is 91.1 cm³/mol. The van der Waals surface area contributed by atoms with Gasteiger partial charge in [0.15, 0.2) is 17.3 Å². The number of ketones is 1. The summed E-state index contributed by atoms with van der Waals surface area (Å²) in [5, 5.41) is 10.0. The molecule has 2 aromatic rings. The lowest BCUT2D eigenvalue weighted by atomic mass is 10.0. The molecule has 4 nitrogen and oxygen atoms in total. The number of hydrogen-bond donors (Lipinski definition) is 1. The summed E-state index contributed by atoms with van der Waals surface area (Å²) in [7, 11) is 3.06. The fourth-order valence-electron chi connectivity index (χ4n) is 2.09. The van der Waals surface area contributed by atoms with Crippen molar-refractivity contribution in [2.24, 2.45) is 0 Å². The number of phenols is 1. The Morgan fingerprint density at radius 1 is 1.04 bits per heavy atom. The number of methoxy groups -OCH3 is 2. The van der Waals surface area contributed by atoms with Crippen LogP contribution in [-0.4, -0.2) is 25.1 Å². The largest absolute Gasteiger partial charge is 0.504 e. The van der Waals surface area contributed by atoms with Crippen molar-refractivity contribution in [1.29, 1.82) is 0 Å². The van der Waals surface area contributed by atoms with Crippen LogP contribution < -0.4 is 9.47 Å². The number of carbonyl (C=O) groups is 1. The molecule has 0 fully saturated rings. The third-order valence-corrected chi connectivity index (χ3v) is 3.35. The molecule has 0 amide bonds. The van der Waals surface area contributed by atoms with Crippen LogP contribution >= 0.6 is 0 Å². The fourth-order valence-corrected chi connectivity index (χ4v) is 2.09. The number of hydrogen-bond acceptors (Lipinski definition) is 4. The molecule has 0 spiro atoms. The minimum atomic E-state index is -0.361. The summed E-state index contributed by atoms with van der Waals surface area (Å²) >= 11 is 0. The Kier molecular flexibility index (Phi) is 5.20. The van der Waals surface area contributed by atoms with E-state index in [1.165, 1.54) is 7.11 Å². The smallest absolute Gasteiger partial charge is 0.189 e. The first-order chi connectivity index (χ1) is 11.1. The molecule has 4 heteroatoms. The maximum absolute atomic E-state index is 11.8. The summed E-state index contributed by atoms with van der Waals surface area (Å²) in [5.41, 5.74) is 1.88. The molecular formula is C19H18O4. The van der Waals surface area contributed by atoms with Gasteiger partial charge in [0.2, 0.25) is 0 Å². The normalized spacial score (nSPS) is 10.5. The van der Waals surface area contributed by atoms with Gasteiger partial charge in [-0.15, -0.1) is 0 Å². The van der Waals surface area contributed by atoms with Crippen molar-refractivity contribution >= 4 is 17.9 Å². The second kappa shape index (κ2) is 7.31. The molecule has 0 aromatic heterocycles. The monoisotopic (exact) mass is 310 g/mol. The van der Waals surface area contributed by atoms with E-state index in [2.05, 4.69) is 6.58 Å². The predicted octanol–water partition coefficient (Wildman–Crippen LogP) is 3.95. The third-order valence-electron chi connectivity index (χ3n) is 3.35. The van der Waals surface area contributed by atoms with Gasteiger partial charge in [0.05, 0.1) is 19.8 Å². The van der Waals surface area contributed by atoms with Gasteiger partial charge in [-0.3, -0.25) is 4.79 Å². The van der Waals surface area contributed by atoms with Gasteiger partial charge in [-0.05, 0) is 41.5 Å². The van der Waals surface area contributed by atoms with Crippen molar-refractivity contribution in [2.75, 3.05) is 14.2 Å². The quantitative estimate of drug-likeness (QED) is 0.498. The molecule has 0 radical (unpaired) electrons. The number of phenolic OH excluding ortho intramolecular Hbond substituents is 1. The highest BCUT2D eigenvalue weighted by molar-refractivity contribution is 6.07. The average molecular weight is 310 g/mol. The SMILES string of the molecule is C=CC(=O)c1cc(/C=C/c2ccc(OC)cc2)cc(OC)c1O. The zero-order valence-corrected chi connectivity index (χ0v) is 13.1. The lowest BCUT2D eigenvalue weighted by Gasteiger charge is -2.08. The van der Waals surface area contributed by atoms with Crippen LogP contribution in [0.3, 0.4) is 0 Å². The third kappa shape index (κ3) is 3.80. The summed E-state index contributed by atoms with van der Waals surface area (Å²) in [6.07, 6.45) is 4.89. The summed E-state index contributed by atoms with van der Waals surface area (Å²) in [6, 6.07) is 10.8. The van der Waals surface area contributed by atoms with Gasteiger partial charge in [-0.25, -0.2) is 0 Å². The number of aromatic hydroxyl groups is 1. The first-order valence-electron chi connectivity index (χ1n) is 6.99. The highest BCUT2D eigenvalue weighted by Gasteiger charge is 2.14. The fraction of sp³-hybridized carbons (Fsp3) is 0.105. The van der Waals surface area contributed by atoms with E-state index in [0.29, 0.717) is 0 Å². The first-order valence-corrected chi connectivity index (χ1v) is 6.99. The van der Waals surface area contributed by atoms with E-state index < -0.39 is 0 Å². The molecular weight excluding hydrogens is 292 g/mol. The maximum Gasteiger partial charge on any atom is 0.189 e. The summed E-state index contributed by atoms with van der Waals surface area (Å²) < 4.78 is 10.2. The van der Waals surface area contributed by atoms with Crippen molar-refractivity contribution in [1.82, 2.24) is 0 Å². The minimum Gasteiger partial charge on any atom is -0.504 e. The van der Waals surface area contributed by atoms with E-state index in [9.17, 15) is 9.90 Å². The summed E-state index contributed by atoms with van der Waals surface area (Å²) in [4.78, 5) is 11.8. The first kappa shape index (κ1) is 16.4. The lowest BCUT2D eigenvalue weighted by molar-refractivity contribution is 0.104. The second-order valence-electron chi connectivity index (χ2n) is 4.79. The number of rotatable bonds is 6. The number of allylic oxidation sites excluding steroid dienone is 1. The van der Waals surface area contributed by atoms with Crippen LogP contribution in [-0.2, 0) is 0 Å². The molecule has 118 valence electrons. The molecule has 2 rings (SSSR count). The van der Waals surface area contributed by atoms with Gasteiger partial charge in [0.25, 0.3) is 0 Å². The van der Waals surface area contributed by atoms with E-state index in [1.54, 1.807) is 19.2 Å².